The van der Waals surface area contributed by atoms with Crippen molar-refractivity contribution >= 4 is 12.1 Å². The van der Waals surface area contributed by atoms with Crippen molar-refractivity contribution in [3.8, 4) is 0 Å². The van der Waals surface area contributed by atoms with Crippen molar-refractivity contribution in [2.45, 2.75) is 59.3 Å². The van der Waals surface area contributed by atoms with Crippen LogP contribution in [0.25, 0.3) is 0 Å². The van der Waals surface area contributed by atoms with Crippen LogP contribution < -0.4 is 0 Å². The summed E-state index contributed by atoms with van der Waals surface area (Å²) in [6, 6.07) is 0. The molecule has 0 aromatic carbocycles. The molecule has 0 aromatic heterocycles. The minimum atomic E-state index is -0.260. The molecule has 0 heterocycles. The number of rotatable bonds is 9. The zero-order valence-electron chi connectivity index (χ0n) is 10.3. The number of carbonyl (C=O) groups is 2. The van der Waals surface area contributed by atoms with Gasteiger partial charge in [0.2, 0.25) is 0 Å². The van der Waals surface area contributed by atoms with Crippen LogP contribution >= 0.6 is 0 Å². The maximum absolute atomic E-state index is 10.7. The predicted octanol–water partition coefficient (Wildman–Crippen LogP) is 3.39. The second kappa shape index (κ2) is 8.63. The molecule has 0 aliphatic carbocycles. The molecule has 0 amide bonds. The molecule has 2 heteroatoms. The number of aldehydes is 1. The Hall–Kier alpha value is -0.660. The Bertz CT molecular complexity index is 185. The highest BCUT2D eigenvalue weighted by atomic mass is 16.2. The molecule has 1 unspecified atom stereocenters. The number of hydrogen-bond acceptors (Lipinski definition) is 2. The third-order valence-electron chi connectivity index (χ3n) is 2.73. The monoisotopic (exact) mass is 212 g/mol. The van der Waals surface area contributed by atoms with E-state index in [1.54, 1.807) is 0 Å². The molecule has 0 radical (unpaired) electrons. The number of carbonyl (C=O) groups excluding carboxylic acids is 2. The lowest BCUT2D eigenvalue weighted by Gasteiger charge is -2.11. The summed E-state index contributed by atoms with van der Waals surface area (Å²) < 4.78 is 0. The fourth-order valence-electron chi connectivity index (χ4n) is 1.70. The highest BCUT2D eigenvalue weighted by Crippen LogP contribution is 2.17. The van der Waals surface area contributed by atoms with Gasteiger partial charge in [-0.2, -0.15) is 0 Å². The molecule has 1 atom stereocenters. The first-order valence-corrected chi connectivity index (χ1v) is 6.04. The van der Waals surface area contributed by atoms with E-state index < -0.39 is 0 Å². The second-order valence-corrected chi connectivity index (χ2v) is 4.91. The van der Waals surface area contributed by atoms with Crippen molar-refractivity contribution in [3.63, 3.8) is 0 Å². The van der Waals surface area contributed by atoms with Crippen LogP contribution in [0.1, 0.15) is 59.3 Å². The second-order valence-electron chi connectivity index (χ2n) is 4.91. The molecule has 0 N–H and O–H groups in total. The highest BCUT2D eigenvalue weighted by molar-refractivity contribution is 6.24. The first-order chi connectivity index (χ1) is 7.06. The molecule has 0 aliphatic heterocycles. The zero-order chi connectivity index (χ0) is 11.7. The van der Waals surface area contributed by atoms with E-state index in [1.165, 1.54) is 19.3 Å². The van der Waals surface area contributed by atoms with Gasteiger partial charge in [-0.15, -0.1) is 0 Å². The molecule has 2 nitrogen and oxygen atoms in total. The molecule has 0 aromatic rings. The van der Waals surface area contributed by atoms with Gasteiger partial charge in [-0.3, -0.25) is 9.59 Å². The SMILES string of the molecule is CC(C)CCCC(C)CCCC(=O)C=O. The average Bonchev–Trinajstić information content (AvgIpc) is 2.17. The zero-order valence-corrected chi connectivity index (χ0v) is 10.3. The number of ketones is 1. The Kier molecular flexibility index (Phi) is 8.25. The summed E-state index contributed by atoms with van der Waals surface area (Å²) in [5, 5.41) is 0. The van der Waals surface area contributed by atoms with E-state index in [4.69, 9.17) is 0 Å². The van der Waals surface area contributed by atoms with E-state index in [1.807, 2.05) is 0 Å². The quantitative estimate of drug-likeness (QED) is 0.433. The maximum atomic E-state index is 10.7. The summed E-state index contributed by atoms with van der Waals surface area (Å²) in [6.07, 6.45) is 6.60. The van der Waals surface area contributed by atoms with Crippen LogP contribution in [-0.4, -0.2) is 12.1 Å². The minimum Gasteiger partial charge on any atom is -0.295 e. The van der Waals surface area contributed by atoms with Crippen LogP contribution in [0, 0.1) is 11.8 Å². The van der Waals surface area contributed by atoms with Crippen LogP contribution in [0.5, 0.6) is 0 Å². The van der Waals surface area contributed by atoms with Crippen molar-refractivity contribution in [1.82, 2.24) is 0 Å². The smallest absolute Gasteiger partial charge is 0.195 e. The van der Waals surface area contributed by atoms with Gasteiger partial charge in [0.15, 0.2) is 12.1 Å². The highest BCUT2D eigenvalue weighted by Gasteiger charge is 2.05. The Labute approximate surface area is 93.4 Å². The molecule has 15 heavy (non-hydrogen) atoms. The van der Waals surface area contributed by atoms with Gasteiger partial charge < -0.3 is 0 Å². The summed E-state index contributed by atoms with van der Waals surface area (Å²) >= 11 is 0. The lowest BCUT2D eigenvalue weighted by Crippen LogP contribution is -2.01. The van der Waals surface area contributed by atoms with Crippen LogP contribution in [0.3, 0.4) is 0 Å². The average molecular weight is 212 g/mol. The van der Waals surface area contributed by atoms with Gasteiger partial charge in [0.05, 0.1) is 0 Å². The molecular formula is C13H24O2. The lowest BCUT2D eigenvalue weighted by molar-refractivity contribution is -0.129. The Morgan fingerprint density at radius 3 is 2.20 bits per heavy atom. The summed E-state index contributed by atoms with van der Waals surface area (Å²) in [5.74, 6) is 1.21. The predicted molar refractivity (Wildman–Crippen MR) is 62.8 cm³/mol. The third kappa shape index (κ3) is 9.64. The first kappa shape index (κ1) is 14.3. The van der Waals surface area contributed by atoms with E-state index in [9.17, 15) is 9.59 Å². The maximum Gasteiger partial charge on any atom is 0.195 e. The lowest BCUT2D eigenvalue weighted by atomic mass is 9.95. The number of hydrogen-bond donors (Lipinski definition) is 0. The molecule has 0 fully saturated rings. The Morgan fingerprint density at radius 2 is 1.67 bits per heavy atom. The van der Waals surface area contributed by atoms with Gasteiger partial charge in [-0.25, -0.2) is 0 Å². The third-order valence-corrected chi connectivity index (χ3v) is 2.73. The van der Waals surface area contributed by atoms with Crippen molar-refractivity contribution in [2.24, 2.45) is 11.8 Å². The van der Waals surface area contributed by atoms with Crippen LogP contribution in [0.4, 0.5) is 0 Å². The molecule has 0 spiro atoms. The van der Waals surface area contributed by atoms with Gasteiger partial charge >= 0.3 is 0 Å². The topological polar surface area (TPSA) is 34.1 Å². The molecular weight excluding hydrogens is 188 g/mol. The van der Waals surface area contributed by atoms with Crippen LogP contribution in [-0.2, 0) is 9.59 Å². The van der Waals surface area contributed by atoms with E-state index in [0.717, 1.165) is 18.8 Å². The van der Waals surface area contributed by atoms with Gasteiger partial charge in [0.1, 0.15) is 0 Å². The summed E-state index contributed by atoms with van der Waals surface area (Å²) in [7, 11) is 0. The number of Topliss-reactive ketones (excluding diaryl/α,β-unsaturated/α-hetero) is 1. The molecule has 88 valence electrons. The van der Waals surface area contributed by atoms with Gasteiger partial charge in [0.25, 0.3) is 0 Å². The van der Waals surface area contributed by atoms with Crippen LogP contribution in [0.2, 0.25) is 0 Å². The summed E-state index contributed by atoms with van der Waals surface area (Å²) in [6.45, 7) is 6.71. The van der Waals surface area contributed by atoms with Gasteiger partial charge in [-0.05, 0) is 18.3 Å². The molecule has 0 aliphatic rings. The van der Waals surface area contributed by atoms with Gasteiger partial charge in [-0.1, -0.05) is 46.5 Å². The van der Waals surface area contributed by atoms with Crippen molar-refractivity contribution in [3.05, 3.63) is 0 Å². The van der Waals surface area contributed by atoms with E-state index in [2.05, 4.69) is 20.8 Å². The molecule has 0 saturated carbocycles. The van der Waals surface area contributed by atoms with Crippen molar-refractivity contribution in [1.29, 1.82) is 0 Å². The van der Waals surface area contributed by atoms with E-state index in [-0.39, 0.29) is 5.78 Å². The molecule has 0 saturated heterocycles. The Morgan fingerprint density at radius 1 is 1.07 bits per heavy atom. The minimum absolute atomic E-state index is 0.260. The largest absolute Gasteiger partial charge is 0.295 e. The first-order valence-electron chi connectivity index (χ1n) is 6.04. The van der Waals surface area contributed by atoms with Gasteiger partial charge in [0, 0.05) is 6.42 Å². The normalized spacial score (nSPS) is 12.8. The van der Waals surface area contributed by atoms with E-state index >= 15 is 0 Å². The molecule has 0 bridgehead atoms. The summed E-state index contributed by atoms with van der Waals surface area (Å²) in [4.78, 5) is 20.8. The summed E-state index contributed by atoms with van der Waals surface area (Å²) in [5.41, 5.74) is 0. The fraction of sp³-hybridized carbons (Fsp3) is 0.846. The van der Waals surface area contributed by atoms with Crippen LogP contribution in [0.15, 0.2) is 0 Å². The Balaban J connectivity index is 3.36. The van der Waals surface area contributed by atoms with Crippen molar-refractivity contribution < 1.29 is 9.59 Å². The standard InChI is InChI=1S/C13H24O2/c1-11(2)6-4-7-12(3)8-5-9-13(15)10-14/h10-12H,4-9H2,1-3H3. The fourth-order valence-corrected chi connectivity index (χ4v) is 1.70. The van der Waals surface area contributed by atoms with Crippen molar-refractivity contribution in [2.75, 3.05) is 0 Å². The van der Waals surface area contributed by atoms with E-state index in [0.29, 0.717) is 18.6 Å². The molecule has 0 rings (SSSR count).